The zero-order valence-electron chi connectivity index (χ0n) is 11.9. The molecule has 23 heavy (non-hydrogen) atoms. The molecule has 3 rings (SSSR count). The van der Waals surface area contributed by atoms with Crippen LogP contribution in [0.15, 0.2) is 54.7 Å². The summed E-state index contributed by atoms with van der Waals surface area (Å²) in [5.74, 6) is 0.517. The van der Waals surface area contributed by atoms with Crippen molar-refractivity contribution in [2.75, 3.05) is 10.9 Å². The third kappa shape index (κ3) is 3.05. The number of para-hydroxylation sites is 1. The molecule has 7 heteroatoms. The van der Waals surface area contributed by atoms with E-state index < -0.39 is 0 Å². The monoisotopic (exact) mass is 325 g/mol. The van der Waals surface area contributed by atoms with Gasteiger partial charge in [0.05, 0.1) is 29.2 Å². The minimum absolute atomic E-state index is 0.00777. The largest absolute Gasteiger partial charge is 0.506 e. The second-order valence-electron chi connectivity index (χ2n) is 4.65. The highest BCUT2D eigenvalue weighted by Crippen LogP contribution is 2.29. The van der Waals surface area contributed by atoms with Crippen molar-refractivity contribution in [1.82, 2.24) is 9.78 Å². The highest BCUT2D eigenvalue weighted by atomic mass is 35.5. The molecule has 3 N–H and O–H groups in total. The van der Waals surface area contributed by atoms with E-state index in [-0.39, 0.29) is 10.8 Å². The van der Waals surface area contributed by atoms with Gasteiger partial charge in [-0.1, -0.05) is 29.8 Å². The number of aromatic hydroxyl groups is 1. The van der Waals surface area contributed by atoms with Crippen LogP contribution in [0.5, 0.6) is 5.75 Å². The van der Waals surface area contributed by atoms with Gasteiger partial charge in [0.25, 0.3) is 0 Å². The van der Waals surface area contributed by atoms with Crippen molar-refractivity contribution in [1.29, 1.82) is 0 Å². The summed E-state index contributed by atoms with van der Waals surface area (Å²) in [5, 5.41) is 13.9. The fraction of sp³-hybridized carbons (Fsp3) is 0. The summed E-state index contributed by atoms with van der Waals surface area (Å²) < 4.78 is 1.63. The number of nitrogens with zero attached hydrogens (tertiary/aromatic N) is 3. The molecule has 1 heterocycles. The first-order valence-corrected chi connectivity index (χ1v) is 7.08. The van der Waals surface area contributed by atoms with Gasteiger partial charge in [0.1, 0.15) is 5.75 Å². The number of phenolic OH excluding ortho intramolecular Hbond substituents is 1. The number of hydrogen-bond donors (Lipinski definition) is 3. The molecule has 0 aliphatic carbocycles. The van der Waals surface area contributed by atoms with Crippen molar-refractivity contribution in [3.8, 4) is 11.4 Å². The lowest BCUT2D eigenvalue weighted by atomic mass is 10.3. The Morgan fingerprint density at radius 2 is 1.91 bits per heavy atom. The summed E-state index contributed by atoms with van der Waals surface area (Å²) in [6, 6.07) is 14.2. The maximum absolute atomic E-state index is 9.44. The van der Waals surface area contributed by atoms with Gasteiger partial charge in [-0.05, 0) is 30.3 Å². The molecular formula is C16H12ClN5O. The van der Waals surface area contributed by atoms with Gasteiger partial charge in [0, 0.05) is 0 Å². The molecule has 0 fully saturated rings. The van der Waals surface area contributed by atoms with E-state index in [1.54, 1.807) is 16.8 Å². The first-order chi connectivity index (χ1) is 11.2. The molecule has 0 radical (unpaired) electrons. The number of nitrogens with one attached hydrogen (secondary N) is 2. The van der Waals surface area contributed by atoms with Gasteiger partial charge < -0.3 is 10.5 Å². The Hall–Kier alpha value is -3.17. The van der Waals surface area contributed by atoms with Gasteiger partial charge in [-0.15, -0.1) is 0 Å². The molecule has 0 saturated carbocycles. The Morgan fingerprint density at radius 1 is 1.13 bits per heavy atom. The average molecular weight is 326 g/mol. The first-order valence-electron chi connectivity index (χ1n) is 6.70. The van der Waals surface area contributed by atoms with Crippen LogP contribution in [0.25, 0.3) is 10.5 Å². The molecule has 0 amide bonds. The van der Waals surface area contributed by atoms with Crippen molar-refractivity contribution in [2.45, 2.75) is 0 Å². The summed E-state index contributed by atoms with van der Waals surface area (Å²) >= 11 is 5.88. The van der Waals surface area contributed by atoms with Crippen molar-refractivity contribution < 1.29 is 5.11 Å². The van der Waals surface area contributed by atoms with Gasteiger partial charge >= 0.3 is 0 Å². The van der Waals surface area contributed by atoms with Crippen LogP contribution in [0.1, 0.15) is 0 Å². The zero-order valence-corrected chi connectivity index (χ0v) is 12.6. The van der Waals surface area contributed by atoms with E-state index in [1.165, 1.54) is 12.3 Å². The minimum atomic E-state index is 0.00777. The number of phenols is 1. The fourth-order valence-corrected chi connectivity index (χ4v) is 2.20. The van der Waals surface area contributed by atoms with Crippen LogP contribution in [0, 0.1) is 6.57 Å². The number of halogens is 1. The number of anilines is 2. The highest BCUT2D eigenvalue weighted by molar-refractivity contribution is 6.32. The van der Waals surface area contributed by atoms with E-state index in [2.05, 4.69) is 20.8 Å². The fourth-order valence-electron chi connectivity index (χ4n) is 2.02. The van der Waals surface area contributed by atoms with Crippen LogP contribution in [-0.4, -0.2) is 14.9 Å². The predicted molar refractivity (Wildman–Crippen MR) is 90.2 cm³/mol. The van der Waals surface area contributed by atoms with Crippen LogP contribution in [-0.2, 0) is 0 Å². The van der Waals surface area contributed by atoms with Crippen LogP contribution >= 0.6 is 11.6 Å². The molecule has 0 aliphatic rings. The molecular weight excluding hydrogens is 314 g/mol. The van der Waals surface area contributed by atoms with E-state index >= 15 is 0 Å². The van der Waals surface area contributed by atoms with Gasteiger partial charge in [0.15, 0.2) is 5.82 Å². The molecule has 114 valence electrons. The predicted octanol–water partition coefficient (Wildman–Crippen LogP) is 4.22. The molecule has 0 unspecified atom stereocenters. The van der Waals surface area contributed by atoms with Crippen LogP contribution < -0.4 is 10.9 Å². The molecule has 0 atom stereocenters. The van der Waals surface area contributed by atoms with Gasteiger partial charge in [-0.3, -0.25) is 5.43 Å². The smallest absolute Gasteiger partial charge is 0.249 e. The second-order valence-corrected chi connectivity index (χ2v) is 5.06. The van der Waals surface area contributed by atoms with Crippen LogP contribution in [0.2, 0.25) is 5.02 Å². The normalized spacial score (nSPS) is 10.1. The highest BCUT2D eigenvalue weighted by Gasteiger charge is 2.12. The third-order valence-corrected chi connectivity index (χ3v) is 3.45. The maximum Gasteiger partial charge on any atom is 0.249 e. The van der Waals surface area contributed by atoms with Gasteiger partial charge in [0.2, 0.25) is 5.69 Å². The molecule has 0 saturated heterocycles. The number of aromatic nitrogens is 2. The van der Waals surface area contributed by atoms with Gasteiger partial charge in [-0.2, -0.15) is 5.10 Å². The molecule has 6 nitrogen and oxygen atoms in total. The first kappa shape index (κ1) is 14.8. The third-order valence-electron chi connectivity index (χ3n) is 3.14. The number of benzene rings is 2. The van der Waals surface area contributed by atoms with E-state index in [0.29, 0.717) is 17.2 Å². The SMILES string of the molecule is [C-]#[N+]c1cnn(-c2ccccc2)c1NNc1ccc(O)c(Cl)c1. The lowest BCUT2D eigenvalue weighted by Crippen LogP contribution is -2.13. The van der Waals surface area contributed by atoms with Crippen LogP contribution in [0.4, 0.5) is 17.2 Å². The Labute approximate surface area is 137 Å². The Balaban J connectivity index is 1.89. The topological polar surface area (TPSA) is 66.5 Å². The number of hydrogen-bond acceptors (Lipinski definition) is 4. The van der Waals surface area contributed by atoms with E-state index in [4.69, 9.17) is 18.2 Å². The van der Waals surface area contributed by atoms with Crippen molar-refractivity contribution in [3.05, 3.63) is 71.2 Å². The van der Waals surface area contributed by atoms with E-state index in [9.17, 15) is 5.11 Å². The Kier molecular flexibility index (Phi) is 4.04. The lowest BCUT2D eigenvalue weighted by Gasteiger charge is -2.13. The van der Waals surface area contributed by atoms with Crippen molar-refractivity contribution in [2.24, 2.45) is 0 Å². The molecule has 0 spiro atoms. The average Bonchev–Trinajstić information content (AvgIpc) is 2.99. The lowest BCUT2D eigenvalue weighted by molar-refractivity contribution is 0.475. The summed E-state index contributed by atoms with van der Waals surface area (Å²) in [6.07, 6.45) is 1.49. The quantitative estimate of drug-likeness (QED) is 0.382. The minimum Gasteiger partial charge on any atom is -0.506 e. The zero-order chi connectivity index (χ0) is 16.2. The standard InChI is InChI=1S/C16H12ClN5O/c1-18-14-10-19-22(12-5-3-2-4-6-12)16(14)21-20-11-7-8-15(23)13(17)9-11/h2-10,20-21,23H. The second kappa shape index (κ2) is 6.30. The maximum atomic E-state index is 9.44. The number of rotatable bonds is 4. The molecule has 0 aliphatic heterocycles. The van der Waals surface area contributed by atoms with Crippen LogP contribution in [0.3, 0.4) is 0 Å². The molecule has 0 bridgehead atoms. The Bertz CT molecular complexity index is 870. The molecule has 1 aromatic heterocycles. The van der Waals surface area contributed by atoms with Crippen molar-refractivity contribution >= 4 is 28.8 Å². The van der Waals surface area contributed by atoms with Crippen molar-refractivity contribution in [3.63, 3.8) is 0 Å². The summed E-state index contributed by atoms with van der Waals surface area (Å²) in [4.78, 5) is 3.46. The summed E-state index contributed by atoms with van der Waals surface area (Å²) in [6.45, 7) is 7.26. The number of hydrazine groups is 1. The van der Waals surface area contributed by atoms with E-state index in [1.807, 2.05) is 30.3 Å². The van der Waals surface area contributed by atoms with Gasteiger partial charge in [-0.25, -0.2) is 9.53 Å². The van der Waals surface area contributed by atoms with E-state index in [0.717, 1.165) is 5.69 Å². The molecule has 3 aromatic rings. The summed E-state index contributed by atoms with van der Waals surface area (Å²) in [7, 11) is 0. The Morgan fingerprint density at radius 3 is 2.61 bits per heavy atom. The molecule has 2 aromatic carbocycles. The summed E-state index contributed by atoms with van der Waals surface area (Å²) in [5.41, 5.74) is 7.77.